The molecular weight excluding hydrogens is 573 g/mol. The minimum Gasteiger partial charge on any atom is -0.231 e. The molecule has 0 fully saturated rings. The lowest BCUT2D eigenvalue weighted by Gasteiger charge is -2.18. The summed E-state index contributed by atoms with van der Waals surface area (Å²) in [6.45, 7) is 0. The standard InChI is InChI=1S/C43H28N4/c1-4-14-29(15-5-1)37-28-44-47-41(32-18-8-3-9-19-32)39(34-20-10-11-21-35(34)42(37)47)30-24-26-33(27-25-30)43-45-38-23-13-12-22-36(38)40(46-43)31-16-6-2-7-17-31/h1-28H. The fourth-order valence-corrected chi connectivity index (χ4v) is 6.71. The van der Waals surface area contributed by atoms with Gasteiger partial charge in [0.2, 0.25) is 0 Å². The predicted molar refractivity (Wildman–Crippen MR) is 193 cm³/mol. The van der Waals surface area contributed by atoms with Crippen molar-refractivity contribution in [2.45, 2.75) is 0 Å². The molecule has 9 rings (SSSR count). The SMILES string of the molecule is c1ccc(-c2nc(-c3ccc(-c4c(-c5ccccc5)n5ncc(-c6ccccc6)c5c5ccccc45)cc3)nc3ccccc23)cc1. The molecule has 0 amide bonds. The van der Waals surface area contributed by atoms with Crippen molar-refractivity contribution in [3.05, 3.63) is 170 Å². The van der Waals surface area contributed by atoms with Crippen molar-refractivity contribution in [1.82, 2.24) is 19.6 Å². The summed E-state index contributed by atoms with van der Waals surface area (Å²) < 4.78 is 2.13. The first-order valence-corrected chi connectivity index (χ1v) is 15.8. The zero-order chi connectivity index (χ0) is 31.2. The first kappa shape index (κ1) is 27.0. The van der Waals surface area contributed by atoms with E-state index in [2.05, 4.69) is 150 Å². The van der Waals surface area contributed by atoms with Crippen LogP contribution in [0.5, 0.6) is 0 Å². The summed E-state index contributed by atoms with van der Waals surface area (Å²) in [5.41, 5.74) is 11.7. The molecule has 47 heavy (non-hydrogen) atoms. The Kier molecular flexibility index (Phi) is 6.43. The van der Waals surface area contributed by atoms with Gasteiger partial charge in [-0.1, -0.05) is 158 Å². The summed E-state index contributed by atoms with van der Waals surface area (Å²) in [6, 6.07) is 57.0. The van der Waals surface area contributed by atoms with Gasteiger partial charge in [0.05, 0.1) is 28.6 Å². The Bertz CT molecular complexity index is 2540. The molecule has 4 heteroatoms. The highest BCUT2D eigenvalue weighted by Gasteiger charge is 2.21. The minimum absolute atomic E-state index is 0.706. The number of rotatable bonds is 5. The van der Waals surface area contributed by atoms with Crippen LogP contribution in [0.2, 0.25) is 0 Å². The van der Waals surface area contributed by atoms with E-state index >= 15 is 0 Å². The molecule has 0 N–H and O–H groups in total. The second-order valence-corrected chi connectivity index (χ2v) is 11.7. The number of hydrogen-bond donors (Lipinski definition) is 0. The van der Waals surface area contributed by atoms with E-state index in [0.29, 0.717) is 5.82 Å². The smallest absolute Gasteiger partial charge is 0.160 e. The molecule has 3 aromatic heterocycles. The van der Waals surface area contributed by atoms with Crippen molar-refractivity contribution in [3.8, 4) is 56.2 Å². The molecule has 4 nitrogen and oxygen atoms in total. The monoisotopic (exact) mass is 600 g/mol. The predicted octanol–water partition coefficient (Wildman–Crippen LogP) is 10.8. The number of pyridine rings is 1. The van der Waals surface area contributed by atoms with Gasteiger partial charge >= 0.3 is 0 Å². The van der Waals surface area contributed by atoms with Crippen molar-refractivity contribution in [2.24, 2.45) is 0 Å². The third kappa shape index (κ3) is 4.58. The number of fused-ring (bicyclic) bond motifs is 4. The second-order valence-electron chi connectivity index (χ2n) is 11.7. The van der Waals surface area contributed by atoms with Gasteiger partial charge in [-0.05, 0) is 22.6 Å². The fourth-order valence-electron chi connectivity index (χ4n) is 6.71. The van der Waals surface area contributed by atoms with Crippen LogP contribution in [-0.2, 0) is 0 Å². The number of hydrogen-bond acceptors (Lipinski definition) is 3. The fraction of sp³-hybridized carbons (Fsp3) is 0. The molecule has 0 aliphatic heterocycles. The maximum absolute atomic E-state index is 5.11. The molecule has 0 atom stereocenters. The van der Waals surface area contributed by atoms with E-state index in [1.807, 2.05) is 24.4 Å². The van der Waals surface area contributed by atoms with Crippen molar-refractivity contribution < 1.29 is 0 Å². The van der Waals surface area contributed by atoms with E-state index in [0.717, 1.165) is 72.1 Å². The average molecular weight is 601 g/mol. The Morgan fingerprint density at radius 3 is 1.66 bits per heavy atom. The summed E-state index contributed by atoms with van der Waals surface area (Å²) in [4.78, 5) is 10.1. The molecule has 0 aliphatic rings. The van der Waals surface area contributed by atoms with Crippen molar-refractivity contribution in [1.29, 1.82) is 0 Å². The van der Waals surface area contributed by atoms with E-state index < -0.39 is 0 Å². The summed E-state index contributed by atoms with van der Waals surface area (Å²) in [7, 11) is 0. The third-order valence-electron chi connectivity index (χ3n) is 8.88. The van der Waals surface area contributed by atoms with Crippen molar-refractivity contribution in [2.75, 3.05) is 0 Å². The largest absolute Gasteiger partial charge is 0.231 e. The Hall–Kier alpha value is -6.39. The molecule has 3 heterocycles. The average Bonchev–Trinajstić information content (AvgIpc) is 3.60. The minimum atomic E-state index is 0.706. The van der Waals surface area contributed by atoms with Crippen LogP contribution in [0.1, 0.15) is 0 Å². The molecule has 0 spiro atoms. The maximum Gasteiger partial charge on any atom is 0.160 e. The number of para-hydroxylation sites is 1. The summed E-state index contributed by atoms with van der Waals surface area (Å²) in [6.07, 6.45) is 2.00. The zero-order valence-electron chi connectivity index (χ0n) is 25.5. The van der Waals surface area contributed by atoms with Gasteiger partial charge in [0, 0.05) is 38.6 Å². The van der Waals surface area contributed by atoms with Crippen LogP contribution in [-0.4, -0.2) is 19.6 Å². The molecule has 9 aromatic rings. The van der Waals surface area contributed by atoms with Gasteiger partial charge in [-0.3, -0.25) is 0 Å². The van der Waals surface area contributed by atoms with Gasteiger partial charge in [-0.15, -0.1) is 0 Å². The molecular formula is C43H28N4. The van der Waals surface area contributed by atoms with E-state index in [1.165, 1.54) is 5.39 Å². The van der Waals surface area contributed by atoms with E-state index in [9.17, 15) is 0 Å². The highest BCUT2D eigenvalue weighted by atomic mass is 15.2. The van der Waals surface area contributed by atoms with Crippen LogP contribution >= 0.6 is 0 Å². The van der Waals surface area contributed by atoms with E-state index in [-0.39, 0.29) is 0 Å². The van der Waals surface area contributed by atoms with Crippen LogP contribution < -0.4 is 0 Å². The maximum atomic E-state index is 5.11. The van der Waals surface area contributed by atoms with Crippen LogP contribution in [0.4, 0.5) is 0 Å². The summed E-state index contributed by atoms with van der Waals surface area (Å²) >= 11 is 0. The topological polar surface area (TPSA) is 43.1 Å². The first-order chi connectivity index (χ1) is 23.3. The van der Waals surface area contributed by atoms with Crippen molar-refractivity contribution >= 4 is 27.2 Å². The Labute approximate surface area is 272 Å². The first-order valence-electron chi connectivity index (χ1n) is 15.8. The van der Waals surface area contributed by atoms with Gasteiger partial charge in [0.15, 0.2) is 5.82 Å². The van der Waals surface area contributed by atoms with Crippen LogP contribution in [0.25, 0.3) is 83.3 Å². The van der Waals surface area contributed by atoms with Crippen LogP contribution in [0, 0.1) is 0 Å². The molecule has 0 unspecified atom stereocenters. The Morgan fingerprint density at radius 1 is 0.404 bits per heavy atom. The molecule has 0 saturated heterocycles. The number of aromatic nitrogens is 4. The van der Waals surface area contributed by atoms with Gasteiger partial charge in [-0.25, -0.2) is 14.5 Å². The van der Waals surface area contributed by atoms with E-state index in [4.69, 9.17) is 15.1 Å². The molecule has 0 saturated carbocycles. The van der Waals surface area contributed by atoms with Gasteiger partial charge in [0.25, 0.3) is 0 Å². The molecule has 0 aliphatic carbocycles. The summed E-state index contributed by atoms with van der Waals surface area (Å²) in [5.74, 6) is 0.706. The highest BCUT2D eigenvalue weighted by molar-refractivity contribution is 6.13. The van der Waals surface area contributed by atoms with Gasteiger partial charge in [-0.2, -0.15) is 5.10 Å². The second kappa shape index (κ2) is 11.2. The van der Waals surface area contributed by atoms with Crippen LogP contribution in [0.3, 0.4) is 0 Å². The summed E-state index contributed by atoms with van der Waals surface area (Å²) in [5, 5.41) is 8.42. The normalized spacial score (nSPS) is 11.4. The Balaban J connectivity index is 1.26. The molecule has 6 aromatic carbocycles. The van der Waals surface area contributed by atoms with E-state index in [1.54, 1.807) is 0 Å². The lowest BCUT2D eigenvalue weighted by atomic mass is 9.91. The molecule has 220 valence electrons. The van der Waals surface area contributed by atoms with Gasteiger partial charge in [0.1, 0.15) is 0 Å². The quantitative estimate of drug-likeness (QED) is 0.197. The number of nitrogens with zero attached hydrogens (tertiary/aromatic N) is 4. The number of benzene rings is 6. The Morgan fingerprint density at radius 2 is 0.957 bits per heavy atom. The molecule has 0 bridgehead atoms. The molecule has 0 radical (unpaired) electrons. The van der Waals surface area contributed by atoms with Crippen molar-refractivity contribution in [3.63, 3.8) is 0 Å². The van der Waals surface area contributed by atoms with Gasteiger partial charge < -0.3 is 0 Å². The highest BCUT2D eigenvalue weighted by Crippen LogP contribution is 2.43. The lowest BCUT2D eigenvalue weighted by Crippen LogP contribution is -2.00. The third-order valence-corrected chi connectivity index (χ3v) is 8.88. The zero-order valence-corrected chi connectivity index (χ0v) is 25.5. The van der Waals surface area contributed by atoms with Crippen LogP contribution in [0.15, 0.2) is 170 Å². The lowest BCUT2D eigenvalue weighted by molar-refractivity contribution is 0.976.